The Kier molecular flexibility index (Phi) is 6.07. The van der Waals surface area contributed by atoms with Gasteiger partial charge in [-0.05, 0) is 59.7 Å². The number of rotatable bonds is 7. The molecule has 3 rings (SSSR count). The molecule has 0 saturated heterocycles. The smallest absolute Gasteiger partial charge is 0.119 e. The summed E-state index contributed by atoms with van der Waals surface area (Å²) >= 11 is 0. The number of nitrogens with one attached hydrogen (secondary N) is 1. The highest BCUT2D eigenvalue weighted by Gasteiger charge is 2.07. The van der Waals surface area contributed by atoms with E-state index in [0.29, 0.717) is 6.61 Å². The Balaban J connectivity index is 1.93. The van der Waals surface area contributed by atoms with Gasteiger partial charge in [-0.1, -0.05) is 54.6 Å². The Morgan fingerprint density at radius 3 is 2.12 bits per heavy atom. The minimum absolute atomic E-state index is 0.265. The highest BCUT2D eigenvalue weighted by Crippen LogP contribution is 2.28. The van der Waals surface area contributed by atoms with Gasteiger partial charge in [-0.3, -0.25) is 0 Å². The molecule has 2 N–H and O–H groups in total. The Morgan fingerprint density at radius 1 is 0.885 bits per heavy atom. The van der Waals surface area contributed by atoms with Crippen LogP contribution in [0, 0.1) is 0 Å². The number of aromatic hydroxyl groups is 1. The van der Waals surface area contributed by atoms with Crippen molar-refractivity contribution in [1.82, 2.24) is 5.32 Å². The normalized spacial score (nSPS) is 11.3. The minimum Gasteiger partial charge on any atom is -0.508 e. The maximum Gasteiger partial charge on any atom is 0.119 e. The van der Waals surface area contributed by atoms with Crippen LogP contribution in [-0.4, -0.2) is 25.3 Å². The molecule has 132 valence electrons. The lowest BCUT2D eigenvalue weighted by Crippen LogP contribution is -2.15. The number of phenolic OH excluding ortho intramolecular Hbond substituents is 1. The summed E-state index contributed by atoms with van der Waals surface area (Å²) < 4.78 is 5.71. The van der Waals surface area contributed by atoms with Crippen LogP contribution in [0.1, 0.15) is 16.7 Å². The quantitative estimate of drug-likeness (QED) is 0.486. The van der Waals surface area contributed by atoms with Crippen molar-refractivity contribution in [1.29, 1.82) is 0 Å². The second-order valence-corrected chi connectivity index (χ2v) is 5.99. The molecule has 0 aromatic heterocycles. The van der Waals surface area contributed by atoms with E-state index in [2.05, 4.69) is 35.7 Å². The minimum atomic E-state index is 0.265. The molecule has 0 spiro atoms. The fraction of sp³-hybridized carbons (Fsp3) is 0.130. The van der Waals surface area contributed by atoms with Gasteiger partial charge in [0.05, 0.1) is 0 Å². The molecule has 0 unspecified atom stereocenters. The third-order valence-corrected chi connectivity index (χ3v) is 4.07. The fourth-order valence-electron chi connectivity index (χ4n) is 2.69. The molecule has 0 atom stereocenters. The van der Waals surface area contributed by atoms with Crippen molar-refractivity contribution in [3.05, 3.63) is 95.6 Å². The summed E-state index contributed by atoms with van der Waals surface area (Å²) in [5.41, 5.74) is 4.37. The number of hydrogen-bond donors (Lipinski definition) is 2. The Hall–Kier alpha value is -3.04. The van der Waals surface area contributed by atoms with Gasteiger partial charge in [0.1, 0.15) is 18.1 Å². The summed E-state index contributed by atoms with van der Waals surface area (Å²) in [7, 11) is 1.91. The summed E-state index contributed by atoms with van der Waals surface area (Å²) in [6.07, 6.45) is 2.16. The van der Waals surface area contributed by atoms with E-state index >= 15 is 0 Å². The van der Waals surface area contributed by atoms with E-state index in [0.717, 1.165) is 34.6 Å². The first-order chi connectivity index (χ1) is 12.8. The monoisotopic (exact) mass is 345 g/mol. The first kappa shape index (κ1) is 17.8. The second kappa shape index (κ2) is 8.88. The van der Waals surface area contributed by atoms with Crippen molar-refractivity contribution < 1.29 is 9.84 Å². The van der Waals surface area contributed by atoms with Crippen molar-refractivity contribution in [2.45, 2.75) is 0 Å². The molecule has 0 saturated carbocycles. The average Bonchev–Trinajstić information content (AvgIpc) is 2.69. The van der Waals surface area contributed by atoms with Crippen LogP contribution < -0.4 is 10.1 Å². The number of ether oxygens (including phenoxy) is 1. The predicted molar refractivity (Wildman–Crippen MR) is 107 cm³/mol. The van der Waals surface area contributed by atoms with E-state index in [1.165, 1.54) is 0 Å². The molecule has 0 aliphatic rings. The number of phenols is 1. The van der Waals surface area contributed by atoms with E-state index < -0.39 is 0 Å². The van der Waals surface area contributed by atoms with Crippen LogP contribution in [0.25, 0.3) is 11.6 Å². The summed E-state index contributed by atoms with van der Waals surface area (Å²) in [5, 5.41) is 12.7. The van der Waals surface area contributed by atoms with Crippen LogP contribution in [0.5, 0.6) is 11.5 Å². The van der Waals surface area contributed by atoms with Gasteiger partial charge >= 0.3 is 0 Å². The SMILES string of the molecule is CNCCOc1ccc(/C(=C/c2ccccc2)c2ccc(O)cc2)cc1. The van der Waals surface area contributed by atoms with Crippen LogP contribution in [0.3, 0.4) is 0 Å². The lowest BCUT2D eigenvalue weighted by Gasteiger charge is -2.11. The van der Waals surface area contributed by atoms with E-state index in [4.69, 9.17) is 4.74 Å². The van der Waals surface area contributed by atoms with Crippen LogP contribution in [0.4, 0.5) is 0 Å². The molecule has 0 heterocycles. The number of benzene rings is 3. The summed E-state index contributed by atoms with van der Waals surface area (Å²) in [6.45, 7) is 1.45. The van der Waals surface area contributed by atoms with Gasteiger partial charge in [-0.2, -0.15) is 0 Å². The molecule has 0 aliphatic heterocycles. The van der Waals surface area contributed by atoms with Crippen molar-refractivity contribution in [2.75, 3.05) is 20.2 Å². The molecular formula is C23H23NO2. The first-order valence-electron chi connectivity index (χ1n) is 8.70. The molecule has 0 radical (unpaired) electrons. The largest absolute Gasteiger partial charge is 0.508 e. The maximum absolute atomic E-state index is 9.60. The fourth-order valence-corrected chi connectivity index (χ4v) is 2.69. The maximum atomic E-state index is 9.60. The third kappa shape index (κ3) is 4.74. The van der Waals surface area contributed by atoms with Gasteiger partial charge in [0, 0.05) is 6.54 Å². The molecule has 0 fully saturated rings. The zero-order valence-electron chi connectivity index (χ0n) is 14.9. The number of likely N-dealkylation sites (N-methyl/N-ethyl adjacent to an activating group) is 1. The lowest BCUT2D eigenvalue weighted by atomic mass is 9.95. The van der Waals surface area contributed by atoms with Crippen molar-refractivity contribution >= 4 is 11.6 Å². The summed E-state index contributed by atoms with van der Waals surface area (Å²) in [4.78, 5) is 0. The zero-order valence-corrected chi connectivity index (χ0v) is 14.9. The Morgan fingerprint density at radius 2 is 1.50 bits per heavy atom. The summed E-state index contributed by atoms with van der Waals surface area (Å²) in [5.74, 6) is 1.12. The molecule has 3 heteroatoms. The van der Waals surface area contributed by atoms with Crippen molar-refractivity contribution in [3.63, 3.8) is 0 Å². The standard InChI is InChI=1S/C23H23NO2/c1-24-15-16-26-22-13-9-20(10-14-22)23(17-18-5-3-2-4-6-18)19-7-11-21(25)12-8-19/h2-14,17,24-25H,15-16H2,1H3/b23-17+. The van der Waals surface area contributed by atoms with Gasteiger partial charge in [0.15, 0.2) is 0 Å². The van der Waals surface area contributed by atoms with Gasteiger partial charge in [-0.15, -0.1) is 0 Å². The second-order valence-electron chi connectivity index (χ2n) is 5.99. The van der Waals surface area contributed by atoms with Gasteiger partial charge in [0.2, 0.25) is 0 Å². The topological polar surface area (TPSA) is 41.5 Å². The molecule has 3 nitrogen and oxygen atoms in total. The van der Waals surface area contributed by atoms with E-state index in [1.807, 2.05) is 49.5 Å². The van der Waals surface area contributed by atoms with E-state index in [9.17, 15) is 5.11 Å². The van der Waals surface area contributed by atoms with Gasteiger partial charge in [0.25, 0.3) is 0 Å². The van der Waals surface area contributed by atoms with Gasteiger partial charge < -0.3 is 15.2 Å². The van der Waals surface area contributed by atoms with Crippen LogP contribution >= 0.6 is 0 Å². The zero-order chi connectivity index (χ0) is 18.2. The highest BCUT2D eigenvalue weighted by atomic mass is 16.5. The molecule has 26 heavy (non-hydrogen) atoms. The van der Waals surface area contributed by atoms with Crippen LogP contribution in [0.2, 0.25) is 0 Å². The molecule has 0 amide bonds. The molecule has 3 aromatic carbocycles. The average molecular weight is 345 g/mol. The van der Waals surface area contributed by atoms with Gasteiger partial charge in [-0.25, -0.2) is 0 Å². The number of hydrogen-bond acceptors (Lipinski definition) is 3. The molecular weight excluding hydrogens is 322 g/mol. The Bertz CT molecular complexity index is 838. The lowest BCUT2D eigenvalue weighted by molar-refractivity contribution is 0.318. The highest BCUT2D eigenvalue weighted by molar-refractivity contribution is 5.91. The van der Waals surface area contributed by atoms with Crippen molar-refractivity contribution in [3.8, 4) is 11.5 Å². The van der Waals surface area contributed by atoms with Crippen LogP contribution in [-0.2, 0) is 0 Å². The third-order valence-electron chi connectivity index (χ3n) is 4.07. The first-order valence-corrected chi connectivity index (χ1v) is 8.70. The summed E-state index contributed by atoms with van der Waals surface area (Å²) in [6, 6.07) is 25.6. The molecule has 0 bridgehead atoms. The van der Waals surface area contributed by atoms with E-state index in [1.54, 1.807) is 12.1 Å². The molecule has 0 aliphatic carbocycles. The van der Waals surface area contributed by atoms with E-state index in [-0.39, 0.29) is 5.75 Å². The molecule has 3 aromatic rings. The Labute approximate surface area is 154 Å². The predicted octanol–water partition coefficient (Wildman–Crippen LogP) is 4.58. The van der Waals surface area contributed by atoms with Crippen molar-refractivity contribution in [2.24, 2.45) is 0 Å². The van der Waals surface area contributed by atoms with Crippen LogP contribution in [0.15, 0.2) is 78.9 Å².